The van der Waals surface area contributed by atoms with Crippen LogP contribution < -0.4 is 0 Å². The number of aromatic nitrogens is 1. The Bertz CT molecular complexity index is 679. The summed E-state index contributed by atoms with van der Waals surface area (Å²) in [6.07, 6.45) is 7.13. The number of allylic oxidation sites excluding steroid dienone is 1. The van der Waals surface area contributed by atoms with Crippen LogP contribution >= 0.6 is 0 Å². The number of rotatable bonds is 4. The summed E-state index contributed by atoms with van der Waals surface area (Å²) in [5.41, 5.74) is 2.78. The van der Waals surface area contributed by atoms with Crippen LogP contribution in [0.1, 0.15) is 43.5 Å². The van der Waals surface area contributed by atoms with Gasteiger partial charge in [-0.1, -0.05) is 12.1 Å². The third kappa shape index (κ3) is 3.62. The second-order valence-electron chi connectivity index (χ2n) is 7.51. The van der Waals surface area contributed by atoms with Gasteiger partial charge in [-0.05, 0) is 44.7 Å². The van der Waals surface area contributed by atoms with E-state index in [1.165, 1.54) is 0 Å². The normalized spacial score (nSPS) is 24.9. The highest BCUT2D eigenvalue weighted by Crippen LogP contribution is 2.37. The summed E-state index contributed by atoms with van der Waals surface area (Å²) in [4.78, 5) is 18.9. The Morgan fingerprint density at radius 1 is 1.44 bits per heavy atom. The average molecular weight is 342 g/mol. The highest BCUT2D eigenvalue weighted by Gasteiger charge is 2.50. The zero-order valence-electron chi connectivity index (χ0n) is 14.9. The summed E-state index contributed by atoms with van der Waals surface area (Å²) in [7, 11) is 0. The minimum atomic E-state index is -0.197. The lowest BCUT2D eigenvalue weighted by Crippen LogP contribution is -2.67. The molecule has 2 aliphatic heterocycles. The number of pyridine rings is 1. The van der Waals surface area contributed by atoms with Crippen LogP contribution in [-0.4, -0.2) is 47.2 Å². The van der Waals surface area contributed by atoms with Crippen molar-refractivity contribution in [1.82, 2.24) is 9.88 Å². The van der Waals surface area contributed by atoms with Crippen molar-refractivity contribution in [3.63, 3.8) is 0 Å². The molecule has 5 heteroatoms. The summed E-state index contributed by atoms with van der Waals surface area (Å²) in [6.45, 7) is 4.64. The highest BCUT2D eigenvalue weighted by molar-refractivity contribution is 5.94. The highest BCUT2D eigenvalue weighted by atomic mass is 16.5. The molecule has 0 radical (unpaired) electrons. The number of amides is 1. The molecule has 1 amide bonds. The number of likely N-dealkylation sites (tertiary alicyclic amines) is 1. The van der Waals surface area contributed by atoms with Gasteiger partial charge in [-0.3, -0.25) is 9.78 Å². The largest absolute Gasteiger partial charge is 0.372 e. The Labute approximate surface area is 149 Å². The van der Waals surface area contributed by atoms with E-state index >= 15 is 0 Å². The van der Waals surface area contributed by atoms with E-state index in [2.05, 4.69) is 11.1 Å². The number of hydrogen-bond acceptors (Lipinski definition) is 4. The van der Waals surface area contributed by atoms with Crippen molar-refractivity contribution >= 4 is 5.91 Å². The smallest absolute Gasteiger partial charge is 0.249 e. The molecule has 1 aromatic heterocycles. The van der Waals surface area contributed by atoms with E-state index in [-0.39, 0.29) is 17.6 Å². The van der Waals surface area contributed by atoms with Gasteiger partial charge >= 0.3 is 0 Å². The van der Waals surface area contributed by atoms with Crippen molar-refractivity contribution in [2.24, 2.45) is 0 Å². The molecule has 1 aromatic rings. The topological polar surface area (TPSA) is 51.7 Å². The second-order valence-corrected chi connectivity index (χ2v) is 7.51. The van der Waals surface area contributed by atoms with Gasteiger partial charge in [0.05, 0.1) is 31.5 Å². The van der Waals surface area contributed by atoms with Crippen LogP contribution in [0.4, 0.5) is 0 Å². The minimum Gasteiger partial charge on any atom is -0.372 e. The number of carbonyl (C=O) groups is 1. The van der Waals surface area contributed by atoms with Crippen LogP contribution in [0.5, 0.6) is 0 Å². The first-order valence-electron chi connectivity index (χ1n) is 9.30. The Morgan fingerprint density at radius 2 is 2.32 bits per heavy atom. The van der Waals surface area contributed by atoms with E-state index in [0.717, 1.165) is 49.1 Å². The van der Waals surface area contributed by atoms with Crippen molar-refractivity contribution in [3.05, 3.63) is 41.2 Å². The summed E-state index contributed by atoms with van der Waals surface area (Å²) >= 11 is 0. The van der Waals surface area contributed by atoms with Crippen LogP contribution in [0.3, 0.4) is 0 Å². The maximum absolute atomic E-state index is 12.4. The monoisotopic (exact) mass is 342 g/mol. The lowest BCUT2D eigenvalue weighted by atomic mass is 9.84. The lowest BCUT2D eigenvalue weighted by molar-refractivity contribution is -0.200. The molecule has 0 bridgehead atoms. The summed E-state index contributed by atoms with van der Waals surface area (Å²) in [5.74, 6) is 0.207. The third-order valence-corrected chi connectivity index (χ3v) is 5.42. The predicted octanol–water partition coefficient (Wildman–Crippen LogP) is 2.78. The molecule has 0 saturated carbocycles. The Balaban J connectivity index is 1.29. The van der Waals surface area contributed by atoms with Gasteiger partial charge in [-0.2, -0.15) is 0 Å². The molecular weight excluding hydrogens is 316 g/mol. The maximum atomic E-state index is 12.4. The zero-order chi connectivity index (χ0) is 17.3. The van der Waals surface area contributed by atoms with Crippen molar-refractivity contribution in [1.29, 1.82) is 0 Å². The number of aryl methyl sites for hydroxylation is 1. The molecule has 3 heterocycles. The van der Waals surface area contributed by atoms with E-state index in [9.17, 15) is 4.79 Å². The zero-order valence-corrected chi connectivity index (χ0v) is 14.9. The lowest BCUT2D eigenvalue weighted by Gasteiger charge is -2.53. The number of hydrogen-bond donors (Lipinski definition) is 0. The van der Waals surface area contributed by atoms with Gasteiger partial charge in [0.2, 0.25) is 5.91 Å². The van der Waals surface area contributed by atoms with E-state index in [4.69, 9.17) is 9.47 Å². The van der Waals surface area contributed by atoms with E-state index in [1.807, 2.05) is 30.0 Å². The van der Waals surface area contributed by atoms with E-state index in [1.54, 1.807) is 0 Å². The molecule has 1 aliphatic carbocycles. The molecule has 1 unspecified atom stereocenters. The number of ether oxygens (including phenoxy) is 2. The van der Waals surface area contributed by atoms with Crippen LogP contribution in [-0.2, 0) is 20.9 Å². The van der Waals surface area contributed by atoms with Crippen LogP contribution in [0.15, 0.2) is 29.8 Å². The molecule has 2 saturated heterocycles. The molecular formula is C20H26N2O3. The summed E-state index contributed by atoms with van der Waals surface area (Å²) < 4.78 is 12.1. The third-order valence-electron chi connectivity index (χ3n) is 5.42. The van der Waals surface area contributed by atoms with E-state index in [0.29, 0.717) is 26.3 Å². The molecule has 1 atom stereocenters. The van der Waals surface area contributed by atoms with Crippen molar-refractivity contribution < 1.29 is 14.3 Å². The van der Waals surface area contributed by atoms with Crippen LogP contribution in [0, 0.1) is 6.92 Å². The van der Waals surface area contributed by atoms with E-state index < -0.39 is 0 Å². The van der Waals surface area contributed by atoms with Gasteiger partial charge in [-0.15, -0.1) is 0 Å². The van der Waals surface area contributed by atoms with Gasteiger partial charge in [-0.25, -0.2) is 0 Å². The molecule has 1 spiro atoms. The van der Waals surface area contributed by atoms with Gasteiger partial charge in [0, 0.05) is 24.3 Å². The van der Waals surface area contributed by atoms with Crippen LogP contribution in [0.25, 0.3) is 0 Å². The quantitative estimate of drug-likeness (QED) is 0.844. The van der Waals surface area contributed by atoms with Crippen molar-refractivity contribution in [2.75, 3.05) is 19.7 Å². The van der Waals surface area contributed by atoms with Gasteiger partial charge < -0.3 is 14.4 Å². The van der Waals surface area contributed by atoms with Gasteiger partial charge in [0.25, 0.3) is 0 Å². The first kappa shape index (κ1) is 16.7. The van der Waals surface area contributed by atoms with Gasteiger partial charge in [0.15, 0.2) is 0 Å². The molecule has 0 aromatic carbocycles. The Hall–Kier alpha value is -1.72. The Kier molecular flexibility index (Phi) is 4.61. The van der Waals surface area contributed by atoms with Crippen molar-refractivity contribution in [3.8, 4) is 0 Å². The second kappa shape index (κ2) is 6.89. The fraction of sp³-hybridized carbons (Fsp3) is 0.600. The first-order chi connectivity index (χ1) is 12.1. The van der Waals surface area contributed by atoms with Crippen LogP contribution in [0.2, 0.25) is 0 Å². The average Bonchev–Trinajstić information content (AvgIpc) is 3.12. The predicted molar refractivity (Wildman–Crippen MR) is 94.0 cm³/mol. The molecule has 2 fully saturated rings. The standard InChI is InChI=1S/C20H26N2O3/c1-15-5-4-8-17(21-15)12-24-18-9-10-25-20(11-18)13-22(14-20)19(23)16-6-2-3-7-16/h4-6,8,18H,2-3,7,9-14H2,1H3. The molecule has 25 heavy (non-hydrogen) atoms. The maximum Gasteiger partial charge on any atom is 0.249 e. The minimum absolute atomic E-state index is 0.180. The first-order valence-corrected chi connectivity index (χ1v) is 9.30. The molecule has 5 nitrogen and oxygen atoms in total. The SMILES string of the molecule is Cc1cccc(COC2CCOC3(C2)CN(C(=O)C2=CCCC2)C3)n1. The molecule has 4 rings (SSSR count). The number of nitrogens with zero attached hydrogens (tertiary/aromatic N) is 2. The fourth-order valence-corrected chi connectivity index (χ4v) is 4.09. The fourth-order valence-electron chi connectivity index (χ4n) is 4.09. The molecule has 3 aliphatic rings. The summed E-state index contributed by atoms with van der Waals surface area (Å²) in [6, 6.07) is 6.01. The molecule has 134 valence electrons. The van der Waals surface area contributed by atoms with Gasteiger partial charge in [0.1, 0.15) is 5.60 Å². The molecule has 0 N–H and O–H groups in total. The Morgan fingerprint density at radius 3 is 3.08 bits per heavy atom. The number of carbonyl (C=O) groups excluding carboxylic acids is 1. The van der Waals surface area contributed by atoms with Crippen molar-refractivity contribution in [2.45, 2.75) is 57.3 Å². The summed E-state index contributed by atoms with van der Waals surface area (Å²) in [5, 5.41) is 0.